The quantitative estimate of drug-likeness (QED) is 0.605. The summed E-state index contributed by atoms with van der Waals surface area (Å²) in [6, 6.07) is 12.8. The van der Waals surface area contributed by atoms with Gasteiger partial charge in [0.1, 0.15) is 5.75 Å². The number of benzene rings is 2. The van der Waals surface area contributed by atoms with Crippen molar-refractivity contribution in [3.63, 3.8) is 0 Å². The molecule has 0 spiro atoms. The molecule has 0 fully saturated rings. The first kappa shape index (κ1) is 17.5. The normalized spacial score (nSPS) is 11.2. The average Bonchev–Trinajstić information content (AvgIpc) is 2.52. The summed E-state index contributed by atoms with van der Waals surface area (Å²) in [5.41, 5.74) is 5.01. The maximum atomic E-state index is 11.8. The van der Waals surface area contributed by atoms with E-state index in [4.69, 9.17) is 16.3 Å². The van der Waals surface area contributed by atoms with Gasteiger partial charge in [0.2, 0.25) is 0 Å². The molecule has 0 atom stereocenters. The van der Waals surface area contributed by atoms with Crippen molar-refractivity contribution < 1.29 is 9.53 Å². The molecule has 0 saturated heterocycles. The second kappa shape index (κ2) is 8.13. The molecule has 2 aromatic rings. The van der Waals surface area contributed by atoms with Gasteiger partial charge in [-0.1, -0.05) is 39.7 Å². The van der Waals surface area contributed by atoms with Gasteiger partial charge in [0.05, 0.1) is 5.71 Å². The lowest BCUT2D eigenvalue weighted by atomic mass is 10.1. The summed E-state index contributed by atoms with van der Waals surface area (Å²) in [7, 11) is 0. The van der Waals surface area contributed by atoms with Crippen molar-refractivity contribution in [2.45, 2.75) is 13.8 Å². The number of hydrogen-bond donors (Lipinski definition) is 1. The van der Waals surface area contributed by atoms with Crippen LogP contribution < -0.4 is 10.2 Å². The van der Waals surface area contributed by atoms with E-state index in [0.29, 0.717) is 16.5 Å². The van der Waals surface area contributed by atoms with Crippen molar-refractivity contribution >= 4 is 39.1 Å². The molecule has 0 aliphatic carbocycles. The third-order valence-electron chi connectivity index (χ3n) is 3.11. The minimum absolute atomic E-state index is 0.0974. The molecule has 0 aliphatic heterocycles. The molecule has 6 heteroatoms. The maximum Gasteiger partial charge on any atom is 0.277 e. The van der Waals surface area contributed by atoms with Crippen LogP contribution in [0.2, 0.25) is 5.02 Å². The molecular weight excluding hydrogens is 380 g/mol. The van der Waals surface area contributed by atoms with Gasteiger partial charge in [0, 0.05) is 9.50 Å². The molecule has 0 bridgehead atoms. The van der Waals surface area contributed by atoms with Crippen molar-refractivity contribution in [2.24, 2.45) is 5.10 Å². The average molecular weight is 396 g/mol. The molecule has 2 aromatic carbocycles. The summed E-state index contributed by atoms with van der Waals surface area (Å²) in [4.78, 5) is 11.8. The Kier molecular flexibility index (Phi) is 6.19. The third-order valence-corrected chi connectivity index (χ3v) is 3.85. The first-order valence-corrected chi connectivity index (χ1v) is 8.11. The minimum Gasteiger partial charge on any atom is -0.483 e. The van der Waals surface area contributed by atoms with Crippen LogP contribution in [-0.4, -0.2) is 18.2 Å². The topological polar surface area (TPSA) is 50.7 Å². The first-order chi connectivity index (χ1) is 11.0. The number of carbonyl (C=O) groups excluding carboxylic acids is 1. The molecule has 0 unspecified atom stereocenters. The van der Waals surface area contributed by atoms with Crippen LogP contribution in [0.15, 0.2) is 52.0 Å². The van der Waals surface area contributed by atoms with E-state index in [2.05, 4.69) is 26.5 Å². The summed E-state index contributed by atoms with van der Waals surface area (Å²) in [5, 5.41) is 4.72. The molecule has 120 valence electrons. The molecule has 23 heavy (non-hydrogen) atoms. The lowest BCUT2D eigenvalue weighted by Gasteiger charge is -2.08. The lowest BCUT2D eigenvalue weighted by Crippen LogP contribution is -2.25. The number of amides is 1. The molecule has 4 nitrogen and oxygen atoms in total. The SMILES string of the molecule is CC(=NNC(=O)COc1ccc(Br)cc1C)c1ccc(Cl)cc1. The molecule has 0 aliphatic rings. The zero-order chi connectivity index (χ0) is 16.8. The summed E-state index contributed by atoms with van der Waals surface area (Å²) in [6.45, 7) is 3.63. The summed E-state index contributed by atoms with van der Waals surface area (Å²) in [6.07, 6.45) is 0. The number of halogens is 2. The molecular formula is C17H16BrClN2O2. The van der Waals surface area contributed by atoms with Gasteiger partial charge in [-0.15, -0.1) is 0 Å². The summed E-state index contributed by atoms with van der Waals surface area (Å²) >= 11 is 9.22. The van der Waals surface area contributed by atoms with E-state index in [1.54, 1.807) is 12.1 Å². The van der Waals surface area contributed by atoms with E-state index in [1.807, 2.05) is 44.2 Å². The number of aryl methyl sites for hydroxylation is 1. The largest absolute Gasteiger partial charge is 0.483 e. The molecule has 0 radical (unpaired) electrons. The van der Waals surface area contributed by atoms with Crippen LogP contribution in [0.25, 0.3) is 0 Å². The van der Waals surface area contributed by atoms with Crippen molar-refractivity contribution in [3.05, 3.63) is 63.1 Å². The van der Waals surface area contributed by atoms with E-state index >= 15 is 0 Å². The highest BCUT2D eigenvalue weighted by atomic mass is 79.9. The number of rotatable bonds is 5. The Bertz CT molecular complexity index is 730. The first-order valence-electron chi connectivity index (χ1n) is 6.94. The van der Waals surface area contributed by atoms with Crippen LogP contribution in [0.1, 0.15) is 18.1 Å². The Labute approximate surface area is 148 Å². The van der Waals surface area contributed by atoms with Crippen LogP contribution >= 0.6 is 27.5 Å². The highest BCUT2D eigenvalue weighted by Gasteiger charge is 2.05. The second-order valence-electron chi connectivity index (χ2n) is 4.94. The van der Waals surface area contributed by atoms with Gasteiger partial charge < -0.3 is 4.74 Å². The number of hydrogen-bond acceptors (Lipinski definition) is 3. The zero-order valence-corrected chi connectivity index (χ0v) is 15.1. The predicted molar refractivity (Wildman–Crippen MR) is 96.2 cm³/mol. The summed E-state index contributed by atoms with van der Waals surface area (Å²) in [5.74, 6) is 0.349. The lowest BCUT2D eigenvalue weighted by molar-refractivity contribution is -0.123. The summed E-state index contributed by atoms with van der Waals surface area (Å²) < 4.78 is 6.46. The van der Waals surface area contributed by atoms with Gasteiger partial charge >= 0.3 is 0 Å². The van der Waals surface area contributed by atoms with Gasteiger partial charge in [-0.25, -0.2) is 5.43 Å². The van der Waals surface area contributed by atoms with Crippen molar-refractivity contribution in [2.75, 3.05) is 6.61 Å². The standard InChI is InChI=1S/C17H16BrClN2O2/c1-11-9-14(18)5-8-16(11)23-10-17(22)21-20-12(2)13-3-6-15(19)7-4-13/h3-9H,10H2,1-2H3,(H,21,22). The van der Waals surface area contributed by atoms with Crippen LogP contribution in [0.3, 0.4) is 0 Å². The Hall–Kier alpha value is -1.85. The van der Waals surface area contributed by atoms with E-state index in [1.165, 1.54) is 0 Å². The van der Waals surface area contributed by atoms with Crippen LogP contribution in [0.5, 0.6) is 5.75 Å². The van der Waals surface area contributed by atoms with Gasteiger partial charge in [0.25, 0.3) is 5.91 Å². The van der Waals surface area contributed by atoms with Crippen molar-refractivity contribution in [1.82, 2.24) is 5.43 Å². The van der Waals surface area contributed by atoms with Gasteiger partial charge in [-0.05, 0) is 55.3 Å². The minimum atomic E-state index is -0.319. The number of nitrogens with zero attached hydrogens (tertiary/aromatic N) is 1. The maximum absolute atomic E-state index is 11.8. The fourth-order valence-corrected chi connectivity index (χ4v) is 2.45. The van der Waals surface area contributed by atoms with Crippen molar-refractivity contribution in [3.8, 4) is 5.75 Å². The Balaban J connectivity index is 1.89. The number of nitrogens with one attached hydrogen (secondary N) is 1. The smallest absolute Gasteiger partial charge is 0.277 e. The van der Waals surface area contributed by atoms with E-state index in [0.717, 1.165) is 15.6 Å². The second-order valence-corrected chi connectivity index (χ2v) is 6.29. The highest BCUT2D eigenvalue weighted by molar-refractivity contribution is 9.10. The Morgan fingerprint density at radius 2 is 1.96 bits per heavy atom. The van der Waals surface area contributed by atoms with E-state index in [9.17, 15) is 4.79 Å². The third kappa shape index (κ3) is 5.37. The fourth-order valence-electron chi connectivity index (χ4n) is 1.85. The molecule has 0 heterocycles. The van der Waals surface area contributed by atoms with E-state index in [-0.39, 0.29) is 12.5 Å². The number of ether oxygens (including phenoxy) is 1. The van der Waals surface area contributed by atoms with E-state index < -0.39 is 0 Å². The number of carbonyl (C=O) groups is 1. The van der Waals surface area contributed by atoms with Crippen LogP contribution in [0.4, 0.5) is 0 Å². The molecule has 0 saturated carbocycles. The monoisotopic (exact) mass is 394 g/mol. The van der Waals surface area contributed by atoms with Gasteiger partial charge in [0.15, 0.2) is 6.61 Å². The molecule has 2 rings (SSSR count). The number of hydrazone groups is 1. The van der Waals surface area contributed by atoms with Crippen LogP contribution in [-0.2, 0) is 4.79 Å². The molecule has 1 N–H and O–H groups in total. The van der Waals surface area contributed by atoms with Gasteiger partial charge in [-0.3, -0.25) is 4.79 Å². The highest BCUT2D eigenvalue weighted by Crippen LogP contribution is 2.21. The predicted octanol–water partition coefficient (Wildman–Crippen LogP) is 4.33. The molecule has 1 amide bonds. The van der Waals surface area contributed by atoms with Gasteiger partial charge in [-0.2, -0.15) is 5.10 Å². The molecule has 0 aromatic heterocycles. The van der Waals surface area contributed by atoms with Crippen molar-refractivity contribution in [1.29, 1.82) is 0 Å². The Morgan fingerprint density at radius 1 is 1.26 bits per heavy atom. The van der Waals surface area contributed by atoms with Crippen LogP contribution in [0, 0.1) is 6.92 Å². The Morgan fingerprint density at radius 3 is 2.61 bits per heavy atom. The fraction of sp³-hybridized carbons (Fsp3) is 0.176. The zero-order valence-electron chi connectivity index (χ0n) is 12.8.